The summed E-state index contributed by atoms with van der Waals surface area (Å²) in [6, 6.07) is 0. The van der Waals surface area contributed by atoms with Crippen LogP contribution in [-0.2, 0) is 42.4 Å². The van der Waals surface area contributed by atoms with Gasteiger partial charge in [-0.15, -0.1) is 0 Å². The first-order valence-corrected chi connectivity index (χ1v) is 10.9. The molecule has 1 aromatic heterocycles. The topological polar surface area (TPSA) is 111 Å². The Kier molecular flexibility index (Phi) is 14.6. The van der Waals surface area contributed by atoms with Crippen LogP contribution in [-0.4, -0.2) is 43.0 Å². The molecule has 28 heavy (non-hydrogen) atoms. The molecule has 164 valence electrons. The Bertz CT molecular complexity index is 632. The van der Waals surface area contributed by atoms with E-state index in [9.17, 15) is 17.8 Å². The van der Waals surface area contributed by atoms with Gasteiger partial charge < -0.3 is 14.0 Å². The van der Waals surface area contributed by atoms with Gasteiger partial charge in [0.05, 0.1) is 13.7 Å². The maximum atomic E-state index is 11.4. The normalized spacial score (nSPS) is 12.2. The molecule has 10 heteroatoms. The predicted molar refractivity (Wildman–Crippen MR) is 102 cm³/mol. The molecule has 0 radical (unpaired) electrons. The maximum Gasteiger partial charge on any atom is 0.350 e. The standard InChI is InChI=1S/C10H17N2O3.C8H18O4S/c1-4-14-9(2)15-10(13)7-12-6-5-11(3)8-12;1-2-3-4-5-6-7-8-12-13(9,10)11/h5-6,8-9H,4,7H2,1-3H3;2-8H2,1H3,(H,9,10,11)/q+1;/p-1. The van der Waals surface area contributed by atoms with Crippen LogP contribution < -0.4 is 4.57 Å². The van der Waals surface area contributed by atoms with Crippen molar-refractivity contribution in [1.82, 2.24) is 4.57 Å². The quantitative estimate of drug-likeness (QED) is 0.119. The van der Waals surface area contributed by atoms with Gasteiger partial charge in [-0.3, -0.25) is 4.18 Å². The number of ether oxygens (including phenoxy) is 2. The molecule has 0 aromatic carbocycles. The van der Waals surface area contributed by atoms with Crippen LogP contribution >= 0.6 is 0 Å². The molecule has 0 aliphatic carbocycles. The summed E-state index contributed by atoms with van der Waals surface area (Å²) >= 11 is 0. The van der Waals surface area contributed by atoms with Crippen LogP contribution in [0, 0.1) is 0 Å². The van der Waals surface area contributed by atoms with Crippen molar-refractivity contribution in [2.24, 2.45) is 7.05 Å². The maximum absolute atomic E-state index is 11.4. The summed E-state index contributed by atoms with van der Waals surface area (Å²) in [6.45, 7) is 6.46. The number of hydrogen-bond donors (Lipinski definition) is 0. The van der Waals surface area contributed by atoms with Crippen molar-refractivity contribution in [3.8, 4) is 0 Å². The van der Waals surface area contributed by atoms with Crippen LogP contribution in [0.5, 0.6) is 0 Å². The predicted octanol–water partition coefficient (Wildman–Crippen LogP) is 2.06. The number of carbonyl (C=O) groups is 1. The van der Waals surface area contributed by atoms with E-state index in [-0.39, 0.29) is 19.1 Å². The first-order chi connectivity index (χ1) is 13.2. The Morgan fingerprint density at radius 3 is 2.36 bits per heavy atom. The van der Waals surface area contributed by atoms with Gasteiger partial charge in [-0.1, -0.05) is 39.0 Å². The van der Waals surface area contributed by atoms with Crippen LogP contribution in [0.2, 0.25) is 0 Å². The Labute approximate surface area is 168 Å². The number of rotatable bonds is 13. The van der Waals surface area contributed by atoms with Crippen molar-refractivity contribution in [2.45, 2.75) is 72.1 Å². The molecule has 1 aromatic rings. The van der Waals surface area contributed by atoms with Crippen LogP contribution in [0.25, 0.3) is 0 Å². The van der Waals surface area contributed by atoms with E-state index in [1.807, 2.05) is 37.3 Å². The van der Waals surface area contributed by atoms with E-state index in [0.717, 1.165) is 12.8 Å². The zero-order chi connectivity index (χ0) is 21.4. The smallest absolute Gasteiger partial charge is 0.350 e. The molecular formula is C18H34N2O7S. The highest BCUT2D eigenvalue weighted by Gasteiger charge is 2.12. The fourth-order valence-corrected chi connectivity index (χ4v) is 2.60. The summed E-state index contributed by atoms with van der Waals surface area (Å²) in [7, 11) is -2.58. The van der Waals surface area contributed by atoms with Crippen molar-refractivity contribution in [2.75, 3.05) is 13.2 Å². The molecule has 0 saturated heterocycles. The first kappa shape index (κ1) is 26.5. The molecular weight excluding hydrogens is 388 g/mol. The second kappa shape index (κ2) is 15.4. The van der Waals surface area contributed by atoms with Crippen molar-refractivity contribution in [3.05, 3.63) is 18.7 Å². The number of unbranched alkanes of at least 4 members (excludes halogenated alkanes) is 5. The number of esters is 1. The largest absolute Gasteiger partial charge is 0.726 e. The minimum Gasteiger partial charge on any atom is -0.726 e. The minimum absolute atomic E-state index is 0.0258. The lowest BCUT2D eigenvalue weighted by atomic mass is 10.1. The summed E-state index contributed by atoms with van der Waals surface area (Å²) in [5, 5.41) is 0. The van der Waals surface area contributed by atoms with E-state index in [0.29, 0.717) is 13.0 Å². The number of hydrogen-bond acceptors (Lipinski definition) is 7. The van der Waals surface area contributed by atoms with Crippen molar-refractivity contribution >= 4 is 16.4 Å². The van der Waals surface area contributed by atoms with E-state index >= 15 is 0 Å². The van der Waals surface area contributed by atoms with Gasteiger partial charge in [0.2, 0.25) is 16.7 Å². The highest BCUT2D eigenvalue weighted by Crippen LogP contribution is 2.05. The Morgan fingerprint density at radius 2 is 1.82 bits per heavy atom. The van der Waals surface area contributed by atoms with E-state index < -0.39 is 16.7 Å². The SMILES string of the molecule is CCCCCCCCOS(=O)(=O)[O-].CCOC(C)OC(=O)Cn1cc[n+](C)c1. The molecule has 1 atom stereocenters. The lowest BCUT2D eigenvalue weighted by Crippen LogP contribution is -2.25. The van der Waals surface area contributed by atoms with Gasteiger partial charge in [0, 0.05) is 6.61 Å². The van der Waals surface area contributed by atoms with Gasteiger partial charge in [0.15, 0.2) is 12.8 Å². The van der Waals surface area contributed by atoms with Gasteiger partial charge in [-0.2, -0.15) is 0 Å². The lowest BCUT2D eigenvalue weighted by molar-refractivity contribution is -0.671. The van der Waals surface area contributed by atoms with Gasteiger partial charge in [0.1, 0.15) is 12.4 Å². The third-order valence-corrected chi connectivity index (χ3v) is 4.02. The van der Waals surface area contributed by atoms with Gasteiger partial charge in [-0.05, 0) is 20.3 Å². The van der Waals surface area contributed by atoms with Crippen LogP contribution in [0.3, 0.4) is 0 Å². The molecule has 0 fully saturated rings. The molecule has 0 aliphatic rings. The van der Waals surface area contributed by atoms with Gasteiger partial charge in [0.25, 0.3) is 0 Å². The summed E-state index contributed by atoms with van der Waals surface area (Å²) in [5.74, 6) is -0.299. The van der Waals surface area contributed by atoms with Crippen LogP contribution in [0.15, 0.2) is 18.7 Å². The third-order valence-electron chi connectivity index (χ3n) is 3.56. The Balaban J connectivity index is 0.000000528. The molecule has 1 unspecified atom stereocenters. The molecule has 0 amide bonds. The van der Waals surface area contributed by atoms with Crippen LogP contribution in [0.1, 0.15) is 59.3 Å². The number of aryl methyl sites for hydroxylation is 1. The lowest BCUT2D eigenvalue weighted by Gasteiger charge is -2.11. The zero-order valence-corrected chi connectivity index (χ0v) is 18.2. The molecule has 0 bridgehead atoms. The summed E-state index contributed by atoms with van der Waals surface area (Å²) in [6.07, 6.45) is 11.2. The highest BCUT2D eigenvalue weighted by molar-refractivity contribution is 7.80. The molecule has 1 rings (SSSR count). The van der Waals surface area contributed by atoms with Crippen LogP contribution in [0.4, 0.5) is 0 Å². The van der Waals surface area contributed by atoms with E-state index in [4.69, 9.17) is 9.47 Å². The van der Waals surface area contributed by atoms with E-state index in [1.165, 1.54) is 19.3 Å². The highest BCUT2D eigenvalue weighted by atomic mass is 32.3. The number of nitrogens with zero attached hydrogens (tertiary/aromatic N) is 2. The average Bonchev–Trinajstić information content (AvgIpc) is 2.98. The summed E-state index contributed by atoms with van der Waals surface area (Å²) in [5.41, 5.74) is 0. The number of imidazole rings is 1. The Morgan fingerprint density at radius 1 is 1.18 bits per heavy atom. The molecule has 0 spiro atoms. The van der Waals surface area contributed by atoms with Crippen molar-refractivity contribution in [3.63, 3.8) is 0 Å². The fraction of sp³-hybridized carbons (Fsp3) is 0.778. The molecule has 9 nitrogen and oxygen atoms in total. The third kappa shape index (κ3) is 16.7. The van der Waals surface area contributed by atoms with Gasteiger partial charge in [-0.25, -0.2) is 22.3 Å². The van der Waals surface area contributed by atoms with Gasteiger partial charge >= 0.3 is 5.97 Å². The Hall–Kier alpha value is -1.49. The minimum atomic E-state index is -4.47. The second-order valence-electron chi connectivity index (χ2n) is 6.26. The average molecular weight is 423 g/mol. The molecule has 0 aliphatic heterocycles. The monoisotopic (exact) mass is 422 g/mol. The molecule has 0 saturated carbocycles. The molecule has 0 N–H and O–H groups in total. The fourth-order valence-electron chi connectivity index (χ4n) is 2.28. The van der Waals surface area contributed by atoms with Crippen molar-refractivity contribution < 1.29 is 36.0 Å². The molecule has 1 heterocycles. The van der Waals surface area contributed by atoms with Crippen molar-refractivity contribution in [1.29, 1.82) is 0 Å². The number of carbonyl (C=O) groups excluding carboxylic acids is 1. The first-order valence-electron chi connectivity index (χ1n) is 9.60. The second-order valence-corrected chi connectivity index (χ2v) is 7.31. The zero-order valence-electron chi connectivity index (χ0n) is 17.3. The number of aromatic nitrogens is 2. The van der Waals surface area contributed by atoms with E-state index in [1.54, 1.807) is 11.5 Å². The summed E-state index contributed by atoms with van der Waals surface area (Å²) < 4.78 is 47.7. The summed E-state index contributed by atoms with van der Waals surface area (Å²) in [4.78, 5) is 11.4. The van der Waals surface area contributed by atoms with E-state index in [2.05, 4.69) is 11.1 Å².